The fourth-order valence-electron chi connectivity index (χ4n) is 4.55. The zero-order chi connectivity index (χ0) is 22.0. The SMILES string of the molecule is CC(C)CCCCCCCCCCCCCCCCCCCCCCCCCCO. The molecule has 0 unspecified atom stereocenters. The summed E-state index contributed by atoms with van der Waals surface area (Å²) in [4.78, 5) is 0. The normalized spacial score (nSPS) is 11.6. The molecule has 0 rings (SSSR count). The van der Waals surface area contributed by atoms with E-state index >= 15 is 0 Å². The highest BCUT2D eigenvalue weighted by Crippen LogP contribution is 2.16. The molecule has 30 heavy (non-hydrogen) atoms. The van der Waals surface area contributed by atoms with Gasteiger partial charge in [-0.05, 0) is 12.3 Å². The number of aliphatic hydroxyl groups is 1. The first kappa shape index (κ1) is 30.0. The maximum absolute atomic E-state index is 8.75. The van der Waals surface area contributed by atoms with Crippen LogP contribution in [-0.4, -0.2) is 11.7 Å². The molecule has 1 heteroatoms. The first-order valence-corrected chi connectivity index (χ1v) is 14.4. The topological polar surface area (TPSA) is 20.2 Å². The molecule has 0 fully saturated rings. The molecule has 0 aliphatic heterocycles. The molecule has 0 saturated heterocycles. The minimum Gasteiger partial charge on any atom is -0.396 e. The molecule has 0 bridgehead atoms. The summed E-state index contributed by atoms with van der Waals surface area (Å²) in [6.07, 6.45) is 35.6. The Morgan fingerprint density at radius 2 is 0.533 bits per heavy atom. The van der Waals surface area contributed by atoms with Gasteiger partial charge in [-0.25, -0.2) is 0 Å². The van der Waals surface area contributed by atoms with E-state index in [0.29, 0.717) is 6.61 Å². The highest BCUT2D eigenvalue weighted by atomic mass is 16.2. The highest BCUT2D eigenvalue weighted by Gasteiger charge is 1.97. The molecular formula is C29H60O. The number of hydrogen-bond acceptors (Lipinski definition) is 1. The van der Waals surface area contributed by atoms with Crippen molar-refractivity contribution in [2.45, 2.75) is 174 Å². The third kappa shape index (κ3) is 28.0. The van der Waals surface area contributed by atoms with Gasteiger partial charge in [-0.15, -0.1) is 0 Å². The zero-order valence-corrected chi connectivity index (χ0v) is 21.4. The van der Waals surface area contributed by atoms with Crippen LogP contribution in [0.3, 0.4) is 0 Å². The van der Waals surface area contributed by atoms with Crippen molar-refractivity contribution < 1.29 is 5.11 Å². The molecule has 182 valence electrons. The van der Waals surface area contributed by atoms with Crippen LogP contribution in [-0.2, 0) is 0 Å². The van der Waals surface area contributed by atoms with Crippen LogP contribution in [0.4, 0.5) is 0 Å². The smallest absolute Gasteiger partial charge is 0.0431 e. The zero-order valence-electron chi connectivity index (χ0n) is 21.4. The Labute approximate surface area is 192 Å². The molecule has 0 aliphatic rings. The fourth-order valence-corrected chi connectivity index (χ4v) is 4.55. The largest absolute Gasteiger partial charge is 0.396 e. The van der Waals surface area contributed by atoms with Crippen molar-refractivity contribution in [1.82, 2.24) is 0 Å². The van der Waals surface area contributed by atoms with Crippen LogP contribution < -0.4 is 0 Å². The molecule has 1 nitrogen and oxygen atoms in total. The Hall–Kier alpha value is -0.0400. The summed E-state index contributed by atoms with van der Waals surface area (Å²) in [6.45, 7) is 5.06. The quantitative estimate of drug-likeness (QED) is 0.137. The van der Waals surface area contributed by atoms with Crippen LogP contribution in [0, 0.1) is 5.92 Å². The van der Waals surface area contributed by atoms with E-state index in [4.69, 9.17) is 5.11 Å². The lowest BCUT2D eigenvalue weighted by Crippen LogP contribution is -1.87. The van der Waals surface area contributed by atoms with Gasteiger partial charge in [0.25, 0.3) is 0 Å². The Balaban J connectivity index is 2.99. The van der Waals surface area contributed by atoms with Gasteiger partial charge in [0, 0.05) is 6.61 Å². The van der Waals surface area contributed by atoms with E-state index in [-0.39, 0.29) is 0 Å². The predicted molar refractivity (Wildman–Crippen MR) is 137 cm³/mol. The molecule has 0 aromatic carbocycles. The van der Waals surface area contributed by atoms with E-state index in [2.05, 4.69) is 13.8 Å². The molecule has 0 saturated carbocycles. The van der Waals surface area contributed by atoms with Crippen molar-refractivity contribution in [3.05, 3.63) is 0 Å². The number of aliphatic hydroxyl groups excluding tert-OH is 1. The van der Waals surface area contributed by atoms with Crippen molar-refractivity contribution in [3.8, 4) is 0 Å². The van der Waals surface area contributed by atoms with Crippen molar-refractivity contribution in [2.75, 3.05) is 6.61 Å². The van der Waals surface area contributed by atoms with Crippen molar-refractivity contribution in [3.63, 3.8) is 0 Å². The van der Waals surface area contributed by atoms with E-state index < -0.39 is 0 Å². The van der Waals surface area contributed by atoms with Gasteiger partial charge >= 0.3 is 0 Å². The monoisotopic (exact) mass is 424 g/mol. The van der Waals surface area contributed by atoms with E-state index in [1.165, 1.54) is 154 Å². The number of rotatable bonds is 26. The molecule has 0 radical (unpaired) electrons. The van der Waals surface area contributed by atoms with Gasteiger partial charge in [0.2, 0.25) is 0 Å². The molecular weight excluding hydrogens is 364 g/mol. The second-order valence-corrected chi connectivity index (χ2v) is 10.4. The first-order valence-electron chi connectivity index (χ1n) is 14.4. The van der Waals surface area contributed by atoms with Gasteiger partial charge in [-0.1, -0.05) is 168 Å². The summed E-state index contributed by atoms with van der Waals surface area (Å²) in [5.41, 5.74) is 0. The third-order valence-electron chi connectivity index (χ3n) is 6.69. The van der Waals surface area contributed by atoms with Gasteiger partial charge in [-0.2, -0.15) is 0 Å². The van der Waals surface area contributed by atoms with Gasteiger partial charge < -0.3 is 5.11 Å². The minimum absolute atomic E-state index is 0.374. The van der Waals surface area contributed by atoms with Gasteiger partial charge in [-0.3, -0.25) is 0 Å². The van der Waals surface area contributed by atoms with Crippen molar-refractivity contribution in [1.29, 1.82) is 0 Å². The van der Waals surface area contributed by atoms with E-state index in [1.807, 2.05) is 0 Å². The maximum atomic E-state index is 8.75. The lowest BCUT2D eigenvalue weighted by molar-refractivity contribution is 0.282. The minimum atomic E-state index is 0.374. The van der Waals surface area contributed by atoms with Crippen LogP contribution in [0.1, 0.15) is 174 Å². The summed E-state index contributed by atoms with van der Waals surface area (Å²) in [7, 11) is 0. The third-order valence-corrected chi connectivity index (χ3v) is 6.69. The Bertz CT molecular complexity index is 286. The summed E-state index contributed by atoms with van der Waals surface area (Å²) in [5, 5.41) is 8.75. The van der Waals surface area contributed by atoms with Crippen LogP contribution >= 0.6 is 0 Å². The van der Waals surface area contributed by atoms with E-state index in [1.54, 1.807) is 0 Å². The maximum Gasteiger partial charge on any atom is 0.0431 e. The van der Waals surface area contributed by atoms with Gasteiger partial charge in [0.1, 0.15) is 0 Å². The van der Waals surface area contributed by atoms with Crippen LogP contribution in [0.25, 0.3) is 0 Å². The number of unbranched alkanes of at least 4 members (excludes halogenated alkanes) is 23. The molecule has 0 aromatic heterocycles. The lowest BCUT2D eigenvalue weighted by atomic mass is 10.0. The number of hydrogen-bond donors (Lipinski definition) is 1. The first-order chi connectivity index (χ1) is 14.8. The van der Waals surface area contributed by atoms with Crippen molar-refractivity contribution in [2.24, 2.45) is 5.92 Å². The lowest BCUT2D eigenvalue weighted by Gasteiger charge is -2.05. The van der Waals surface area contributed by atoms with Crippen LogP contribution in [0.2, 0.25) is 0 Å². The summed E-state index contributed by atoms with van der Waals surface area (Å²) in [5.74, 6) is 0.893. The molecule has 1 N–H and O–H groups in total. The molecule has 0 aliphatic carbocycles. The molecule has 0 aromatic rings. The molecule has 0 heterocycles. The van der Waals surface area contributed by atoms with Crippen molar-refractivity contribution >= 4 is 0 Å². The second-order valence-electron chi connectivity index (χ2n) is 10.4. The fraction of sp³-hybridized carbons (Fsp3) is 1.00. The van der Waals surface area contributed by atoms with Crippen LogP contribution in [0.5, 0.6) is 0 Å². The Morgan fingerprint density at radius 3 is 0.733 bits per heavy atom. The average Bonchev–Trinajstić information content (AvgIpc) is 2.73. The second kappa shape index (κ2) is 27.0. The van der Waals surface area contributed by atoms with Gasteiger partial charge in [0.05, 0.1) is 0 Å². The molecule has 0 atom stereocenters. The standard InChI is InChI=1S/C29H60O/c1-29(2)27-25-23-21-19-17-15-13-11-9-7-5-3-4-6-8-10-12-14-16-18-20-22-24-26-28-30/h29-30H,3-28H2,1-2H3. The van der Waals surface area contributed by atoms with E-state index in [0.717, 1.165) is 12.3 Å². The Kier molecular flexibility index (Phi) is 27.0. The van der Waals surface area contributed by atoms with E-state index in [9.17, 15) is 0 Å². The summed E-state index contributed by atoms with van der Waals surface area (Å²) >= 11 is 0. The molecule has 0 spiro atoms. The molecule has 0 amide bonds. The average molecular weight is 425 g/mol. The predicted octanol–water partition coefficient (Wildman–Crippen LogP) is 10.4. The highest BCUT2D eigenvalue weighted by molar-refractivity contribution is 4.52. The summed E-state index contributed by atoms with van der Waals surface area (Å²) < 4.78 is 0. The summed E-state index contributed by atoms with van der Waals surface area (Å²) in [6, 6.07) is 0. The van der Waals surface area contributed by atoms with Crippen LogP contribution in [0.15, 0.2) is 0 Å². The Morgan fingerprint density at radius 1 is 0.333 bits per heavy atom. The van der Waals surface area contributed by atoms with Gasteiger partial charge in [0.15, 0.2) is 0 Å².